The minimum atomic E-state index is -0.423. The molecule has 0 aliphatic heterocycles. The zero-order valence-corrected chi connectivity index (χ0v) is 7.00. The lowest BCUT2D eigenvalue weighted by Gasteiger charge is -2.03. The van der Waals surface area contributed by atoms with E-state index in [0.717, 1.165) is 18.6 Å². The average Bonchev–Trinajstić information content (AvgIpc) is 2.36. The van der Waals surface area contributed by atoms with Gasteiger partial charge in [-0.15, -0.1) is 0 Å². The molecule has 0 spiro atoms. The Labute approximate surface area is 66.8 Å². The van der Waals surface area contributed by atoms with Crippen LogP contribution >= 0.6 is 0 Å². The van der Waals surface area contributed by atoms with Crippen molar-refractivity contribution in [2.24, 2.45) is 0 Å². The maximum absolute atomic E-state index is 9.44. The van der Waals surface area contributed by atoms with E-state index in [0.29, 0.717) is 5.76 Å². The molecule has 1 atom stereocenters. The van der Waals surface area contributed by atoms with E-state index in [1.54, 1.807) is 0 Å². The van der Waals surface area contributed by atoms with Crippen molar-refractivity contribution in [1.82, 2.24) is 0 Å². The highest BCUT2D eigenvalue weighted by Crippen LogP contribution is 2.19. The van der Waals surface area contributed by atoms with Crippen LogP contribution in [-0.4, -0.2) is 5.11 Å². The summed E-state index contributed by atoms with van der Waals surface area (Å²) >= 11 is 0. The number of rotatable bonds is 3. The molecular weight excluding hydrogens is 140 g/mol. The molecular formula is C9H14O2. The maximum Gasteiger partial charge on any atom is 0.132 e. The molecule has 1 heterocycles. The summed E-state index contributed by atoms with van der Waals surface area (Å²) in [5.74, 6) is 1.54. The van der Waals surface area contributed by atoms with Crippen LogP contribution in [0.5, 0.6) is 0 Å². The van der Waals surface area contributed by atoms with Crippen molar-refractivity contribution < 1.29 is 9.52 Å². The van der Waals surface area contributed by atoms with Crippen molar-refractivity contribution in [3.05, 3.63) is 23.7 Å². The molecule has 0 bridgehead atoms. The fourth-order valence-electron chi connectivity index (χ4n) is 1.05. The quantitative estimate of drug-likeness (QED) is 0.725. The van der Waals surface area contributed by atoms with Crippen LogP contribution in [0.4, 0.5) is 0 Å². The third-order valence-electron chi connectivity index (χ3n) is 1.65. The van der Waals surface area contributed by atoms with Crippen molar-refractivity contribution in [1.29, 1.82) is 0 Å². The maximum atomic E-state index is 9.44. The Bertz CT molecular complexity index is 215. The molecule has 0 amide bonds. The van der Waals surface area contributed by atoms with Crippen molar-refractivity contribution in [3.8, 4) is 0 Å². The second-order valence-corrected chi connectivity index (χ2v) is 2.75. The smallest absolute Gasteiger partial charge is 0.132 e. The van der Waals surface area contributed by atoms with Crippen molar-refractivity contribution in [2.75, 3.05) is 0 Å². The first-order chi connectivity index (χ1) is 5.24. The summed E-state index contributed by atoms with van der Waals surface area (Å²) in [5.41, 5.74) is 0. The summed E-state index contributed by atoms with van der Waals surface area (Å²) in [6.45, 7) is 3.92. The van der Waals surface area contributed by atoms with Gasteiger partial charge in [-0.25, -0.2) is 0 Å². The molecule has 1 aromatic rings. The first kappa shape index (κ1) is 8.34. The Hall–Kier alpha value is -0.760. The van der Waals surface area contributed by atoms with E-state index >= 15 is 0 Å². The largest absolute Gasteiger partial charge is 0.464 e. The van der Waals surface area contributed by atoms with E-state index in [4.69, 9.17) is 4.42 Å². The molecule has 0 aliphatic carbocycles. The van der Waals surface area contributed by atoms with Gasteiger partial charge in [0.1, 0.15) is 17.6 Å². The van der Waals surface area contributed by atoms with Gasteiger partial charge in [0.05, 0.1) is 0 Å². The highest BCUT2D eigenvalue weighted by Gasteiger charge is 2.08. The predicted molar refractivity (Wildman–Crippen MR) is 43.3 cm³/mol. The number of furan rings is 1. The van der Waals surface area contributed by atoms with Crippen LogP contribution in [0, 0.1) is 6.92 Å². The molecule has 0 aliphatic rings. The van der Waals surface area contributed by atoms with Gasteiger partial charge in [0, 0.05) is 0 Å². The Morgan fingerprint density at radius 1 is 1.55 bits per heavy atom. The standard InChI is InChI=1S/C9H14O2/c1-3-4-8(10)9-6-5-7(2)11-9/h5-6,8,10H,3-4H2,1-2H3. The molecule has 2 nitrogen and oxygen atoms in total. The Kier molecular flexibility index (Phi) is 2.71. The predicted octanol–water partition coefficient (Wildman–Crippen LogP) is 2.42. The highest BCUT2D eigenvalue weighted by molar-refractivity contribution is 5.07. The van der Waals surface area contributed by atoms with Gasteiger partial charge in [0.25, 0.3) is 0 Å². The second kappa shape index (κ2) is 3.58. The zero-order chi connectivity index (χ0) is 8.27. The van der Waals surface area contributed by atoms with E-state index in [-0.39, 0.29) is 0 Å². The highest BCUT2D eigenvalue weighted by atomic mass is 16.4. The molecule has 1 aromatic heterocycles. The summed E-state index contributed by atoms with van der Waals surface area (Å²) in [4.78, 5) is 0. The first-order valence-electron chi connectivity index (χ1n) is 3.98. The lowest BCUT2D eigenvalue weighted by atomic mass is 10.2. The normalized spacial score (nSPS) is 13.4. The van der Waals surface area contributed by atoms with Crippen LogP contribution in [0.3, 0.4) is 0 Å². The van der Waals surface area contributed by atoms with Gasteiger partial charge in [-0.2, -0.15) is 0 Å². The van der Waals surface area contributed by atoms with Crippen LogP contribution in [0.1, 0.15) is 37.4 Å². The molecule has 62 valence electrons. The van der Waals surface area contributed by atoms with Crippen molar-refractivity contribution in [3.63, 3.8) is 0 Å². The topological polar surface area (TPSA) is 33.4 Å². The van der Waals surface area contributed by atoms with Crippen LogP contribution in [-0.2, 0) is 0 Å². The Morgan fingerprint density at radius 2 is 2.27 bits per heavy atom. The van der Waals surface area contributed by atoms with Gasteiger partial charge in [-0.05, 0) is 25.5 Å². The van der Waals surface area contributed by atoms with E-state index in [1.807, 2.05) is 26.0 Å². The summed E-state index contributed by atoms with van der Waals surface area (Å²) < 4.78 is 5.25. The molecule has 2 heteroatoms. The third-order valence-corrected chi connectivity index (χ3v) is 1.65. The average molecular weight is 154 g/mol. The lowest BCUT2D eigenvalue weighted by Crippen LogP contribution is -1.93. The zero-order valence-electron chi connectivity index (χ0n) is 7.00. The Morgan fingerprint density at radius 3 is 2.73 bits per heavy atom. The summed E-state index contributed by atoms with van der Waals surface area (Å²) in [6.07, 6.45) is 1.32. The van der Waals surface area contributed by atoms with Crippen LogP contribution in [0.15, 0.2) is 16.5 Å². The molecule has 0 saturated heterocycles. The minimum Gasteiger partial charge on any atom is -0.464 e. The lowest BCUT2D eigenvalue weighted by molar-refractivity contribution is 0.138. The third kappa shape index (κ3) is 2.09. The molecule has 0 saturated carbocycles. The first-order valence-corrected chi connectivity index (χ1v) is 3.98. The molecule has 1 unspecified atom stereocenters. The number of aliphatic hydroxyl groups excluding tert-OH is 1. The Balaban J connectivity index is 2.60. The van der Waals surface area contributed by atoms with E-state index in [1.165, 1.54) is 0 Å². The van der Waals surface area contributed by atoms with Gasteiger partial charge < -0.3 is 9.52 Å². The van der Waals surface area contributed by atoms with Crippen LogP contribution in [0.2, 0.25) is 0 Å². The van der Waals surface area contributed by atoms with Crippen molar-refractivity contribution >= 4 is 0 Å². The summed E-state index contributed by atoms with van der Waals surface area (Å²) in [7, 11) is 0. The molecule has 0 aromatic carbocycles. The number of hydrogen-bond acceptors (Lipinski definition) is 2. The summed E-state index contributed by atoms with van der Waals surface area (Å²) in [5, 5.41) is 9.44. The number of hydrogen-bond donors (Lipinski definition) is 1. The molecule has 11 heavy (non-hydrogen) atoms. The van der Waals surface area contributed by atoms with Crippen molar-refractivity contribution in [2.45, 2.75) is 32.8 Å². The second-order valence-electron chi connectivity index (χ2n) is 2.75. The van der Waals surface area contributed by atoms with Gasteiger partial charge >= 0.3 is 0 Å². The fourth-order valence-corrected chi connectivity index (χ4v) is 1.05. The number of aryl methyl sites for hydroxylation is 1. The van der Waals surface area contributed by atoms with Crippen LogP contribution < -0.4 is 0 Å². The van der Waals surface area contributed by atoms with Gasteiger partial charge in [-0.3, -0.25) is 0 Å². The summed E-state index contributed by atoms with van der Waals surface area (Å²) in [6, 6.07) is 3.70. The van der Waals surface area contributed by atoms with Gasteiger partial charge in [-0.1, -0.05) is 13.3 Å². The van der Waals surface area contributed by atoms with E-state index in [9.17, 15) is 5.11 Å². The van der Waals surface area contributed by atoms with Gasteiger partial charge in [0.15, 0.2) is 0 Å². The van der Waals surface area contributed by atoms with Crippen LogP contribution in [0.25, 0.3) is 0 Å². The molecule has 0 fully saturated rings. The number of aliphatic hydroxyl groups is 1. The fraction of sp³-hybridized carbons (Fsp3) is 0.556. The molecule has 1 N–H and O–H groups in total. The van der Waals surface area contributed by atoms with Gasteiger partial charge in [0.2, 0.25) is 0 Å². The SMILES string of the molecule is CCCC(O)c1ccc(C)o1. The molecule has 0 radical (unpaired) electrons. The monoisotopic (exact) mass is 154 g/mol. The van der Waals surface area contributed by atoms with E-state index < -0.39 is 6.10 Å². The minimum absolute atomic E-state index is 0.423. The molecule has 1 rings (SSSR count). The van der Waals surface area contributed by atoms with E-state index in [2.05, 4.69) is 0 Å².